The third-order valence-corrected chi connectivity index (χ3v) is 7.84. The molecule has 8 heteroatoms. The second-order valence-electron chi connectivity index (χ2n) is 8.92. The lowest BCUT2D eigenvalue weighted by Gasteiger charge is -2.34. The first-order valence-corrected chi connectivity index (χ1v) is 12.8. The first kappa shape index (κ1) is 21.7. The van der Waals surface area contributed by atoms with Gasteiger partial charge in [-0.05, 0) is 37.1 Å². The molecule has 4 aromatic heterocycles. The van der Waals surface area contributed by atoms with Gasteiger partial charge in [0.25, 0.3) is 0 Å². The molecule has 0 unspecified atom stereocenters. The van der Waals surface area contributed by atoms with E-state index in [-0.39, 0.29) is 0 Å². The Balaban J connectivity index is 1.23. The van der Waals surface area contributed by atoms with E-state index in [1.165, 1.54) is 10.6 Å². The van der Waals surface area contributed by atoms with Gasteiger partial charge >= 0.3 is 0 Å². The van der Waals surface area contributed by atoms with Gasteiger partial charge in [-0.25, -0.2) is 9.97 Å². The van der Waals surface area contributed by atoms with E-state index in [0.29, 0.717) is 11.7 Å². The molecule has 0 spiro atoms. The molecule has 5 aromatic rings. The van der Waals surface area contributed by atoms with E-state index in [1.807, 2.05) is 42.9 Å². The van der Waals surface area contributed by atoms with Crippen molar-refractivity contribution in [3.05, 3.63) is 85.4 Å². The number of hydrogen-bond donors (Lipinski definition) is 2. The maximum absolute atomic E-state index is 6.36. The summed E-state index contributed by atoms with van der Waals surface area (Å²) in [6, 6.07) is 14.5. The predicted octanol–water partition coefficient (Wildman–Crippen LogP) is 5.34. The minimum absolute atomic E-state index is 0.347. The summed E-state index contributed by atoms with van der Waals surface area (Å²) in [4.78, 5) is 20.7. The van der Waals surface area contributed by atoms with E-state index in [4.69, 9.17) is 10.7 Å². The Labute approximate surface area is 208 Å². The second-order valence-corrected chi connectivity index (χ2v) is 9.97. The van der Waals surface area contributed by atoms with E-state index >= 15 is 0 Å². The smallest absolute Gasteiger partial charge is 0.150 e. The molecule has 0 radical (unpaired) electrons. The fourth-order valence-electron chi connectivity index (χ4n) is 4.91. The zero-order valence-electron chi connectivity index (χ0n) is 19.4. The molecule has 0 saturated carbocycles. The summed E-state index contributed by atoms with van der Waals surface area (Å²) >= 11 is 1.80. The maximum atomic E-state index is 6.36. The Morgan fingerprint density at radius 2 is 1.91 bits per heavy atom. The topological polar surface area (TPSA) is 88.1 Å². The van der Waals surface area contributed by atoms with Crippen molar-refractivity contribution in [1.29, 1.82) is 0 Å². The molecule has 35 heavy (non-hydrogen) atoms. The van der Waals surface area contributed by atoms with Crippen LogP contribution in [0.5, 0.6) is 0 Å². The first-order chi connectivity index (χ1) is 17.2. The van der Waals surface area contributed by atoms with Crippen LogP contribution < -0.4 is 5.73 Å². The number of hydrogen-bond acceptors (Lipinski definition) is 6. The third-order valence-electron chi connectivity index (χ3n) is 6.76. The Hall–Kier alpha value is -3.78. The van der Waals surface area contributed by atoms with Crippen molar-refractivity contribution < 1.29 is 0 Å². The predicted molar refractivity (Wildman–Crippen MR) is 142 cm³/mol. The van der Waals surface area contributed by atoms with Crippen LogP contribution in [0.4, 0.5) is 5.82 Å². The normalized spacial score (nSPS) is 14.7. The number of rotatable bonds is 6. The summed E-state index contributed by atoms with van der Waals surface area (Å²) in [6.07, 6.45) is 9.45. The number of nitrogens with zero attached hydrogens (tertiary/aromatic N) is 5. The average molecular weight is 482 g/mol. The molecule has 176 valence electrons. The Bertz CT molecular complexity index is 1460. The molecular formula is C27H27N7S. The summed E-state index contributed by atoms with van der Waals surface area (Å²) in [5.74, 6) is 2.78. The van der Waals surface area contributed by atoms with Crippen LogP contribution in [0, 0.1) is 0 Å². The number of nitrogen functional groups attached to an aromatic ring is 1. The molecule has 1 fully saturated rings. The van der Waals surface area contributed by atoms with Gasteiger partial charge in [-0.15, -0.1) is 11.8 Å². The number of aromatic amines is 1. The first-order valence-electron chi connectivity index (χ1n) is 11.8. The number of imidazole rings is 1. The second kappa shape index (κ2) is 9.11. The lowest BCUT2D eigenvalue weighted by atomic mass is 9.96. The Morgan fingerprint density at radius 1 is 1.11 bits per heavy atom. The van der Waals surface area contributed by atoms with Crippen LogP contribution in [0.1, 0.15) is 24.6 Å². The van der Waals surface area contributed by atoms with Crippen molar-refractivity contribution in [2.45, 2.75) is 23.7 Å². The minimum atomic E-state index is 0.347. The molecule has 1 aromatic carbocycles. The van der Waals surface area contributed by atoms with E-state index in [9.17, 15) is 0 Å². The highest BCUT2D eigenvalue weighted by Crippen LogP contribution is 2.36. The van der Waals surface area contributed by atoms with E-state index in [1.54, 1.807) is 18.0 Å². The van der Waals surface area contributed by atoms with Crippen molar-refractivity contribution in [2.75, 3.05) is 24.6 Å². The van der Waals surface area contributed by atoms with Gasteiger partial charge in [0.1, 0.15) is 22.9 Å². The van der Waals surface area contributed by atoms with Crippen molar-refractivity contribution >= 4 is 34.0 Å². The summed E-state index contributed by atoms with van der Waals surface area (Å²) in [5, 5.41) is 1.16. The van der Waals surface area contributed by atoms with Gasteiger partial charge in [0, 0.05) is 71.0 Å². The molecular weight excluding hydrogens is 454 g/mol. The number of anilines is 1. The molecule has 1 aliphatic heterocycles. The lowest BCUT2D eigenvalue weighted by molar-refractivity contribution is 0.261. The van der Waals surface area contributed by atoms with E-state index in [2.05, 4.69) is 49.0 Å². The minimum Gasteiger partial charge on any atom is -0.382 e. The zero-order chi connectivity index (χ0) is 23.8. The van der Waals surface area contributed by atoms with Gasteiger partial charge in [0.2, 0.25) is 0 Å². The van der Waals surface area contributed by atoms with Crippen molar-refractivity contribution in [3.8, 4) is 11.4 Å². The third kappa shape index (κ3) is 4.14. The molecule has 0 atom stereocenters. The van der Waals surface area contributed by atoms with Crippen molar-refractivity contribution in [2.24, 2.45) is 0 Å². The number of fused-ring (bicyclic) bond motifs is 2. The Morgan fingerprint density at radius 3 is 2.71 bits per heavy atom. The monoisotopic (exact) mass is 481 g/mol. The van der Waals surface area contributed by atoms with Crippen LogP contribution in [0.15, 0.2) is 84.4 Å². The fraction of sp³-hybridized carbons (Fsp3) is 0.222. The number of likely N-dealkylation sites (tertiary alicyclic amines) is 1. The number of aromatic nitrogens is 5. The molecule has 3 N–H and O–H groups in total. The molecule has 0 bridgehead atoms. The van der Waals surface area contributed by atoms with Crippen LogP contribution in [0.2, 0.25) is 0 Å². The average Bonchev–Trinajstić information content (AvgIpc) is 3.50. The number of H-pyrrole nitrogens is 1. The number of piperidine rings is 1. The highest BCUT2D eigenvalue weighted by atomic mass is 32.2. The molecule has 0 aliphatic carbocycles. The van der Waals surface area contributed by atoms with Crippen LogP contribution in [-0.4, -0.2) is 48.1 Å². The number of thioether (sulfide) groups is 1. The molecule has 7 nitrogen and oxygen atoms in total. The fourth-order valence-corrected chi connectivity index (χ4v) is 5.74. The largest absolute Gasteiger partial charge is 0.382 e. The number of benzene rings is 1. The van der Waals surface area contributed by atoms with Crippen LogP contribution in [0.3, 0.4) is 0 Å². The lowest BCUT2D eigenvalue weighted by Crippen LogP contribution is -2.33. The number of nitrogens with two attached hydrogens (primary N) is 1. The van der Waals surface area contributed by atoms with Gasteiger partial charge in [-0.3, -0.25) is 9.38 Å². The maximum Gasteiger partial charge on any atom is 0.150 e. The quantitative estimate of drug-likeness (QED) is 0.318. The Kier molecular flexibility index (Phi) is 5.66. The number of pyridine rings is 1. The van der Waals surface area contributed by atoms with Gasteiger partial charge in [-0.1, -0.05) is 24.8 Å². The van der Waals surface area contributed by atoms with Gasteiger partial charge in [0.15, 0.2) is 0 Å². The summed E-state index contributed by atoms with van der Waals surface area (Å²) < 4.78 is 2.14. The van der Waals surface area contributed by atoms with Crippen molar-refractivity contribution in [3.63, 3.8) is 0 Å². The number of nitrogens with one attached hydrogen (secondary N) is 1. The van der Waals surface area contributed by atoms with E-state index in [0.717, 1.165) is 65.3 Å². The van der Waals surface area contributed by atoms with Gasteiger partial charge < -0.3 is 15.6 Å². The molecule has 0 amide bonds. The molecule has 1 saturated heterocycles. The van der Waals surface area contributed by atoms with Crippen molar-refractivity contribution in [1.82, 2.24) is 29.2 Å². The molecule has 1 aliphatic rings. The standard InChI is InChI=1S/C27H27N7S/c1-18(17-35-21-6-10-29-11-7-21)33-13-8-19(9-14-33)27-32-24(25-26(28)30-12-15-34(25)27)23-16-20-4-2-3-5-22(20)31-23/h2-7,10-12,15-16,19,31H,1,8-9,13-14,17H2,(H2,28,30). The SMILES string of the molecule is C=C(CSc1ccncc1)N1CCC(c2nc(-c3cc4ccccc4[nH]3)c3c(N)nccn23)CC1. The van der Waals surface area contributed by atoms with Gasteiger partial charge in [0.05, 0.1) is 5.69 Å². The number of para-hydroxylation sites is 1. The summed E-state index contributed by atoms with van der Waals surface area (Å²) in [7, 11) is 0. The summed E-state index contributed by atoms with van der Waals surface area (Å²) in [6.45, 7) is 6.30. The molecule has 6 rings (SSSR count). The van der Waals surface area contributed by atoms with E-state index < -0.39 is 0 Å². The van der Waals surface area contributed by atoms with Crippen LogP contribution in [-0.2, 0) is 0 Å². The van der Waals surface area contributed by atoms with Gasteiger partial charge in [-0.2, -0.15) is 0 Å². The highest BCUT2D eigenvalue weighted by molar-refractivity contribution is 7.99. The van der Waals surface area contributed by atoms with Crippen LogP contribution >= 0.6 is 11.8 Å². The zero-order valence-corrected chi connectivity index (χ0v) is 20.2. The molecule has 5 heterocycles. The summed E-state index contributed by atoms with van der Waals surface area (Å²) in [5.41, 5.74) is 11.3. The highest BCUT2D eigenvalue weighted by Gasteiger charge is 2.27. The van der Waals surface area contributed by atoms with Crippen LogP contribution in [0.25, 0.3) is 27.8 Å².